The maximum atomic E-state index is 6.88. The normalized spacial score (nSPS) is 42.6. The van der Waals surface area contributed by atoms with Crippen molar-refractivity contribution in [1.29, 1.82) is 0 Å². The molecule has 0 aliphatic carbocycles. The second-order valence-electron chi connectivity index (χ2n) is 11.6. The van der Waals surface area contributed by atoms with Crippen LogP contribution in [0.25, 0.3) is 0 Å². The summed E-state index contributed by atoms with van der Waals surface area (Å²) in [5, 5.41) is 1.63. The number of rotatable bonds is 2. The van der Waals surface area contributed by atoms with E-state index in [9.17, 15) is 0 Å². The molecule has 0 saturated carbocycles. The van der Waals surface area contributed by atoms with E-state index in [2.05, 4.69) is 0 Å². The van der Waals surface area contributed by atoms with Crippen molar-refractivity contribution in [3.8, 4) is 0 Å². The van der Waals surface area contributed by atoms with Gasteiger partial charge >= 0.3 is 89.0 Å². The molecular formula is C24H46O14Si10Y2. The Labute approximate surface area is 359 Å². The van der Waals surface area contributed by atoms with Crippen molar-refractivity contribution in [3.63, 3.8) is 0 Å². The largest absolute Gasteiger partial charge is 0.475 e. The molecule has 2 aromatic carbocycles. The van der Waals surface area contributed by atoms with Crippen molar-refractivity contribution in [2.75, 3.05) is 0 Å². The second kappa shape index (κ2) is 17.4. The number of hydrogen-bond acceptors (Lipinski definition) is 14. The fourth-order valence-corrected chi connectivity index (χ4v) is 55.2. The molecule has 50 heavy (non-hydrogen) atoms. The minimum absolute atomic E-state index is 0. The van der Waals surface area contributed by atoms with Crippen LogP contribution in [0.4, 0.5) is 0 Å². The van der Waals surface area contributed by atoms with Crippen LogP contribution < -0.4 is 10.4 Å². The SMILES string of the molecule is CC.CC.C[Si]12O[Si](c3ccccc3)O[Si]3(C)O[Si]4(C)O[Si]5(C)O[Si](c6ccccc6)O[Si](C)(O[Si](C)(O1)O4)O[Si](C)(O2)O[Si](C)(O3)O5.[Y].[Y]. The summed E-state index contributed by atoms with van der Waals surface area (Å²) < 4.78 is 95.8. The Morgan fingerprint density at radius 1 is 0.320 bits per heavy atom. The van der Waals surface area contributed by atoms with E-state index in [1.807, 2.05) is 88.4 Å². The molecule has 2 aromatic rings. The van der Waals surface area contributed by atoms with Crippen molar-refractivity contribution in [1.82, 2.24) is 0 Å². The fraction of sp³-hybridized carbons (Fsp3) is 0.500. The molecule has 6 heterocycles. The zero-order valence-corrected chi connectivity index (χ0v) is 46.3. The van der Waals surface area contributed by atoms with Gasteiger partial charge in [0, 0.05) is 118 Å². The standard InChI is InChI=1S/C20H34O14Si10.2C2H6.2Y/c1-37-21-35(19-15-11-9-12-16-19)22-38(2)29-43(7)31-40(4)24-36(20-17-13-10-14-18-20)23-39(3,27-41(5,25-37)33-43)28-42(6,26-37)34-44(8,30-38)32-40;2*1-2;;/h9-18H,1-8H3;2*1-2H3;;. The molecule has 0 unspecified atom stereocenters. The van der Waals surface area contributed by atoms with E-state index in [4.69, 9.17) is 57.6 Å². The third-order valence-electron chi connectivity index (χ3n) is 6.84. The summed E-state index contributed by atoms with van der Waals surface area (Å²) >= 11 is 0. The molecule has 0 spiro atoms. The van der Waals surface area contributed by atoms with Crippen molar-refractivity contribution >= 4 is 99.4 Å². The maximum absolute atomic E-state index is 6.88. The quantitative estimate of drug-likeness (QED) is 0.406. The molecule has 6 saturated heterocycles. The summed E-state index contributed by atoms with van der Waals surface area (Å²) in [6.07, 6.45) is 0. The third-order valence-corrected chi connectivity index (χ3v) is 47.0. The van der Waals surface area contributed by atoms with Crippen LogP contribution in [-0.4, -0.2) is 89.0 Å². The molecule has 6 aliphatic heterocycles. The Balaban J connectivity index is 0.00000109. The Kier molecular flexibility index (Phi) is 16.2. The van der Waals surface area contributed by atoms with Gasteiger partial charge in [-0.2, -0.15) is 0 Å². The summed E-state index contributed by atoms with van der Waals surface area (Å²) in [7, 11) is -35.1. The topological polar surface area (TPSA) is 129 Å². The van der Waals surface area contributed by atoms with E-state index in [0.717, 1.165) is 10.4 Å². The molecule has 4 radical (unpaired) electrons. The number of benzene rings is 2. The number of hydrogen-bond donors (Lipinski definition) is 0. The summed E-state index contributed by atoms with van der Waals surface area (Å²) in [6, 6.07) is 19.2. The first-order valence-corrected chi connectivity index (χ1v) is 36.5. The number of fused-ring (bicyclic) bond motifs is 4. The molecule has 26 heteroatoms. The molecule has 0 aromatic heterocycles. The fourth-order valence-electron chi connectivity index (χ4n) is 5.97. The summed E-state index contributed by atoms with van der Waals surface area (Å²) in [5.74, 6) is 0. The van der Waals surface area contributed by atoms with Crippen molar-refractivity contribution in [2.24, 2.45) is 0 Å². The Morgan fingerprint density at radius 2 is 0.500 bits per heavy atom. The van der Waals surface area contributed by atoms with Gasteiger partial charge in [-0.3, -0.25) is 0 Å². The Morgan fingerprint density at radius 3 is 0.700 bits per heavy atom. The van der Waals surface area contributed by atoms with Gasteiger partial charge < -0.3 is 57.6 Å². The van der Waals surface area contributed by atoms with Crippen molar-refractivity contribution in [3.05, 3.63) is 60.7 Å². The molecular weight excluding hydrogens is 971 g/mol. The average Bonchev–Trinajstić information content (AvgIpc) is 2.95. The van der Waals surface area contributed by atoms with Crippen LogP contribution >= 0.6 is 0 Å². The Bertz CT molecular complexity index is 1240. The van der Waals surface area contributed by atoms with Crippen LogP contribution in [0.2, 0.25) is 52.4 Å². The molecule has 0 atom stereocenters. The molecule has 0 amide bonds. The molecule has 6 fully saturated rings. The monoisotopic (exact) mass is 1020 g/mol. The first-order valence-electron chi connectivity index (χ1n) is 16.0. The summed E-state index contributed by atoms with van der Waals surface area (Å²) in [6.45, 7) is 22.2. The van der Waals surface area contributed by atoms with Crippen LogP contribution in [0.1, 0.15) is 27.7 Å². The molecule has 8 bridgehead atoms. The van der Waals surface area contributed by atoms with Crippen LogP contribution in [-0.2, 0) is 123 Å². The van der Waals surface area contributed by atoms with Gasteiger partial charge in [0.1, 0.15) is 0 Å². The van der Waals surface area contributed by atoms with Crippen molar-refractivity contribution in [2.45, 2.75) is 80.1 Å². The van der Waals surface area contributed by atoms with E-state index < -0.39 is 89.0 Å². The van der Waals surface area contributed by atoms with Gasteiger partial charge in [0.2, 0.25) is 0 Å². The van der Waals surface area contributed by atoms with E-state index in [1.54, 1.807) is 52.4 Å². The molecule has 0 N–H and O–H groups in total. The first kappa shape index (κ1) is 46.6. The predicted octanol–water partition coefficient (Wildman–Crippen LogP) is 3.67. The van der Waals surface area contributed by atoms with Gasteiger partial charge in [0.05, 0.1) is 0 Å². The third kappa shape index (κ3) is 10.8. The minimum atomic E-state index is -3.84. The minimum Gasteiger partial charge on any atom is -0.390 e. The van der Waals surface area contributed by atoms with Crippen LogP contribution in [0.5, 0.6) is 0 Å². The maximum Gasteiger partial charge on any atom is 0.475 e. The van der Waals surface area contributed by atoms with Crippen molar-refractivity contribution < 1.29 is 123 Å². The Hall–Kier alpha value is 2.26. The molecule has 14 nitrogen and oxygen atoms in total. The summed E-state index contributed by atoms with van der Waals surface area (Å²) in [4.78, 5) is 0. The smallest absolute Gasteiger partial charge is 0.390 e. The van der Waals surface area contributed by atoms with E-state index in [1.165, 1.54) is 0 Å². The van der Waals surface area contributed by atoms with E-state index in [0.29, 0.717) is 0 Å². The summed E-state index contributed by atoms with van der Waals surface area (Å²) in [5.41, 5.74) is 0. The molecule has 272 valence electrons. The second-order valence-corrected chi connectivity index (χ2v) is 39.2. The zero-order valence-electron chi connectivity index (χ0n) is 30.6. The van der Waals surface area contributed by atoms with Gasteiger partial charge in [-0.15, -0.1) is 0 Å². The van der Waals surface area contributed by atoms with Crippen LogP contribution in [0.3, 0.4) is 0 Å². The average molecular weight is 1020 g/mol. The zero-order chi connectivity index (χ0) is 35.3. The van der Waals surface area contributed by atoms with Gasteiger partial charge in [0.25, 0.3) is 0 Å². The predicted molar refractivity (Wildman–Crippen MR) is 194 cm³/mol. The van der Waals surface area contributed by atoms with Crippen LogP contribution in [0.15, 0.2) is 60.7 Å². The first-order chi connectivity index (χ1) is 22.4. The van der Waals surface area contributed by atoms with Gasteiger partial charge in [0.15, 0.2) is 0 Å². The van der Waals surface area contributed by atoms with Gasteiger partial charge in [-0.05, 0) is 10.4 Å². The molecule has 8 rings (SSSR count). The van der Waals surface area contributed by atoms with E-state index in [-0.39, 0.29) is 65.4 Å². The van der Waals surface area contributed by atoms with Gasteiger partial charge in [-0.1, -0.05) is 88.4 Å². The van der Waals surface area contributed by atoms with Crippen LogP contribution in [0, 0.1) is 0 Å². The molecule has 6 aliphatic rings. The van der Waals surface area contributed by atoms with Gasteiger partial charge in [-0.25, -0.2) is 0 Å². The van der Waals surface area contributed by atoms with E-state index >= 15 is 0 Å².